The maximum Gasteiger partial charge on any atom is 0.271 e. The maximum atomic E-state index is 14.2. The van der Waals surface area contributed by atoms with Crippen molar-refractivity contribution in [2.45, 2.75) is 70.2 Å². The van der Waals surface area contributed by atoms with Crippen molar-refractivity contribution in [1.82, 2.24) is 20.5 Å². The van der Waals surface area contributed by atoms with E-state index in [0.29, 0.717) is 24.4 Å². The first-order chi connectivity index (χ1) is 21.6. The molecule has 3 aliphatic rings. The van der Waals surface area contributed by atoms with E-state index >= 15 is 0 Å². The summed E-state index contributed by atoms with van der Waals surface area (Å²) in [5.74, 6) is -0.576. The van der Waals surface area contributed by atoms with E-state index in [4.69, 9.17) is 9.47 Å². The van der Waals surface area contributed by atoms with Gasteiger partial charge in [0.05, 0.1) is 19.8 Å². The molecule has 10 heteroatoms. The zero-order chi connectivity index (χ0) is 31.7. The molecule has 1 aromatic heterocycles. The van der Waals surface area contributed by atoms with Gasteiger partial charge >= 0.3 is 0 Å². The molecule has 6 rings (SSSR count). The van der Waals surface area contributed by atoms with E-state index in [0.717, 1.165) is 35.7 Å². The van der Waals surface area contributed by atoms with Crippen LogP contribution in [0.4, 0.5) is 0 Å². The average Bonchev–Trinajstić information content (AvgIpc) is 3.78. The predicted octanol–water partition coefficient (Wildman–Crippen LogP) is 3.99. The number of likely N-dealkylation sites (tertiary alicyclic amines) is 1. The molecule has 2 saturated heterocycles. The van der Waals surface area contributed by atoms with Crippen molar-refractivity contribution in [2.24, 2.45) is 17.8 Å². The molecule has 2 aliphatic heterocycles. The molecule has 3 heterocycles. The van der Waals surface area contributed by atoms with Crippen molar-refractivity contribution in [2.75, 3.05) is 20.3 Å². The summed E-state index contributed by atoms with van der Waals surface area (Å²) < 4.78 is 11.2. The number of aromatic amines is 1. The van der Waals surface area contributed by atoms with Gasteiger partial charge in [-0.15, -0.1) is 0 Å². The number of H-pyrrole nitrogens is 1. The smallest absolute Gasteiger partial charge is 0.271 e. The molecular weight excluding hydrogens is 572 g/mol. The maximum absolute atomic E-state index is 14.2. The average molecular weight is 615 g/mol. The topological polar surface area (TPSA) is 130 Å². The van der Waals surface area contributed by atoms with Crippen LogP contribution in [0.2, 0.25) is 0 Å². The molecule has 0 bridgehead atoms. The molecule has 0 spiro atoms. The third kappa shape index (κ3) is 6.47. The first kappa shape index (κ1) is 30.8. The van der Waals surface area contributed by atoms with Gasteiger partial charge in [-0.3, -0.25) is 19.2 Å². The summed E-state index contributed by atoms with van der Waals surface area (Å²) in [5.41, 5.74) is 1.71. The number of ketones is 1. The largest absolute Gasteiger partial charge is 0.496 e. The number of benzene rings is 2. The number of nitrogens with zero attached hydrogens (tertiary/aromatic N) is 1. The summed E-state index contributed by atoms with van der Waals surface area (Å²) in [4.78, 5) is 59.5. The van der Waals surface area contributed by atoms with E-state index in [1.165, 1.54) is 0 Å². The number of aromatic nitrogens is 1. The van der Waals surface area contributed by atoms with Crippen LogP contribution < -0.4 is 15.4 Å². The highest BCUT2D eigenvalue weighted by molar-refractivity contribution is 6.02. The van der Waals surface area contributed by atoms with Crippen molar-refractivity contribution in [3.05, 3.63) is 65.9 Å². The number of amides is 3. The van der Waals surface area contributed by atoms with Crippen molar-refractivity contribution >= 4 is 34.4 Å². The number of ether oxygens (including phenoxy) is 2. The van der Waals surface area contributed by atoms with Crippen LogP contribution in [0.5, 0.6) is 5.75 Å². The second-order valence-electron chi connectivity index (χ2n) is 13.4. The highest BCUT2D eigenvalue weighted by Crippen LogP contribution is 2.43. The molecule has 3 N–H and O–H groups in total. The van der Waals surface area contributed by atoms with Gasteiger partial charge in [-0.1, -0.05) is 42.8 Å². The van der Waals surface area contributed by atoms with Gasteiger partial charge in [-0.05, 0) is 75.1 Å². The number of fused-ring (bicyclic) bond motifs is 2. The zero-order valence-electron chi connectivity index (χ0n) is 26.1. The lowest BCUT2D eigenvalue weighted by Gasteiger charge is -2.29. The van der Waals surface area contributed by atoms with Gasteiger partial charge in [0.1, 0.15) is 24.1 Å². The quantitative estimate of drug-likeness (QED) is 0.300. The Kier molecular flexibility index (Phi) is 8.68. The van der Waals surface area contributed by atoms with Crippen LogP contribution in [-0.2, 0) is 25.7 Å². The molecule has 2 aromatic carbocycles. The van der Waals surface area contributed by atoms with Gasteiger partial charge in [0, 0.05) is 28.9 Å². The summed E-state index contributed by atoms with van der Waals surface area (Å²) in [5, 5.41) is 6.79. The van der Waals surface area contributed by atoms with Crippen LogP contribution in [0.15, 0.2) is 54.6 Å². The fourth-order valence-corrected chi connectivity index (χ4v) is 7.57. The van der Waals surface area contributed by atoms with E-state index in [9.17, 15) is 19.2 Å². The molecule has 0 radical (unpaired) electrons. The number of methoxy groups -OCH3 is 1. The van der Waals surface area contributed by atoms with E-state index in [2.05, 4.69) is 15.6 Å². The van der Waals surface area contributed by atoms with Gasteiger partial charge in [0.25, 0.3) is 5.91 Å². The highest BCUT2D eigenvalue weighted by atomic mass is 16.5. The Balaban J connectivity index is 1.22. The number of hydrogen-bond donors (Lipinski definition) is 3. The number of Topliss-reactive ketones (excluding diaryl/α,β-unsaturated/α-hetero) is 1. The van der Waals surface area contributed by atoms with Crippen molar-refractivity contribution in [3.8, 4) is 5.75 Å². The molecule has 3 aromatic rings. The lowest BCUT2D eigenvalue weighted by molar-refractivity contribution is -0.134. The summed E-state index contributed by atoms with van der Waals surface area (Å²) in [7, 11) is 1.59. The van der Waals surface area contributed by atoms with Crippen LogP contribution in [0, 0.1) is 17.8 Å². The van der Waals surface area contributed by atoms with Crippen molar-refractivity contribution in [1.29, 1.82) is 0 Å². The third-order valence-electron chi connectivity index (χ3n) is 9.66. The van der Waals surface area contributed by atoms with Crippen LogP contribution in [0.3, 0.4) is 0 Å². The van der Waals surface area contributed by atoms with E-state index < -0.39 is 23.5 Å². The minimum absolute atomic E-state index is 0.00617. The Bertz CT molecular complexity index is 1580. The summed E-state index contributed by atoms with van der Waals surface area (Å²) in [6.07, 6.45) is 3.51. The minimum atomic E-state index is -0.923. The van der Waals surface area contributed by atoms with Crippen LogP contribution in [-0.4, -0.2) is 71.3 Å². The zero-order valence-corrected chi connectivity index (χ0v) is 26.1. The number of carbonyl (C=O) groups is 4. The molecule has 5 unspecified atom stereocenters. The molecule has 238 valence electrons. The van der Waals surface area contributed by atoms with Crippen molar-refractivity contribution < 1.29 is 28.7 Å². The van der Waals surface area contributed by atoms with Gasteiger partial charge in [0.2, 0.25) is 11.8 Å². The van der Waals surface area contributed by atoms with Crippen LogP contribution in [0.1, 0.15) is 62.0 Å². The number of carbonyl (C=O) groups excluding carboxylic acids is 4. The first-order valence-corrected chi connectivity index (χ1v) is 15.9. The van der Waals surface area contributed by atoms with Gasteiger partial charge in [0.15, 0.2) is 5.78 Å². The monoisotopic (exact) mass is 614 g/mol. The van der Waals surface area contributed by atoms with E-state index in [-0.39, 0.29) is 55.0 Å². The molecular formula is C35H42N4O6. The molecule has 3 amide bonds. The molecule has 45 heavy (non-hydrogen) atoms. The second kappa shape index (κ2) is 12.7. The highest BCUT2D eigenvalue weighted by Gasteiger charge is 2.50. The molecule has 5 atom stereocenters. The Morgan fingerprint density at radius 1 is 1.09 bits per heavy atom. The number of hydrogen-bond acceptors (Lipinski definition) is 6. The predicted molar refractivity (Wildman–Crippen MR) is 168 cm³/mol. The van der Waals surface area contributed by atoms with E-state index in [1.54, 1.807) is 18.1 Å². The fraction of sp³-hybridized carbons (Fsp3) is 0.486. The molecule has 1 aliphatic carbocycles. The fourth-order valence-electron chi connectivity index (χ4n) is 7.57. The minimum Gasteiger partial charge on any atom is -0.496 e. The van der Waals surface area contributed by atoms with E-state index in [1.807, 2.05) is 62.4 Å². The second-order valence-corrected chi connectivity index (χ2v) is 13.4. The Hall–Kier alpha value is -4.18. The van der Waals surface area contributed by atoms with Gasteiger partial charge < -0.3 is 30.0 Å². The number of nitrogens with one attached hydrogen (secondary N) is 3. The lowest BCUT2D eigenvalue weighted by Crippen LogP contribution is -2.53. The third-order valence-corrected chi connectivity index (χ3v) is 9.66. The Labute approximate surface area is 263 Å². The van der Waals surface area contributed by atoms with Gasteiger partial charge in [-0.25, -0.2) is 0 Å². The summed E-state index contributed by atoms with van der Waals surface area (Å²) >= 11 is 0. The lowest BCUT2D eigenvalue weighted by atomic mass is 9.89. The van der Waals surface area contributed by atoms with Gasteiger partial charge in [-0.2, -0.15) is 0 Å². The molecule has 10 nitrogen and oxygen atoms in total. The molecule has 1 saturated carbocycles. The molecule has 3 fully saturated rings. The number of rotatable bonds is 11. The normalized spacial score (nSPS) is 24.3. The Morgan fingerprint density at radius 3 is 2.62 bits per heavy atom. The SMILES string of the molecule is COc1cccc2[nH]c(C(=O)N3CC4CCCC4C3C(=O)NC(CC3CC(C)(C)NC3=O)C(=O)COCc3ccccc3)cc12. The Morgan fingerprint density at radius 2 is 1.89 bits per heavy atom. The van der Waals surface area contributed by atoms with Crippen LogP contribution in [0.25, 0.3) is 10.9 Å². The summed E-state index contributed by atoms with van der Waals surface area (Å²) in [6.45, 7) is 4.43. The summed E-state index contributed by atoms with van der Waals surface area (Å²) in [6, 6.07) is 15.3. The standard InChI is InChI=1S/C35H42N4O6/c1-35(2)17-23(32(41)38-35)15-27(29(40)20-45-19-21-9-5-4-6-10-21)37-33(42)31-24-12-7-11-22(24)18-39(31)34(43)28-16-25-26(36-28)13-8-14-30(25)44-3/h4-6,8-10,13-14,16,22-24,27,31,36H,7,11-12,15,17-20H2,1-3H3,(H,37,42)(H,38,41). The first-order valence-electron chi connectivity index (χ1n) is 15.9. The van der Waals surface area contributed by atoms with Crippen LogP contribution >= 0.6 is 0 Å². The van der Waals surface area contributed by atoms with Crippen molar-refractivity contribution in [3.63, 3.8) is 0 Å².